The molecule has 19 heavy (non-hydrogen) atoms. The summed E-state index contributed by atoms with van der Waals surface area (Å²) in [4.78, 5) is 4.39. The summed E-state index contributed by atoms with van der Waals surface area (Å²) in [5.41, 5.74) is 3.11. The van der Waals surface area contributed by atoms with Crippen molar-refractivity contribution in [3.05, 3.63) is 63.6 Å². The van der Waals surface area contributed by atoms with Gasteiger partial charge in [0, 0.05) is 24.4 Å². The summed E-state index contributed by atoms with van der Waals surface area (Å²) < 4.78 is 14.1. The van der Waals surface area contributed by atoms with Crippen LogP contribution in [0.4, 0.5) is 4.39 Å². The van der Waals surface area contributed by atoms with Crippen LogP contribution in [0.25, 0.3) is 0 Å². The molecule has 1 aromatic carbocycles. The molecular weight excluding hydrogens is 307 g/mol. The molecule has 1 unspecified atom stereocenters. The molecule has 1 N–H and O–H groups in total. The predicted octanol–water partition coefficient (Wildman–Crippen LogP) is 3.79. The Hall–Kier alpha value is -1.26. The minimum absolute atomic E-state index is 0.0520. The van der Waals surface area contributed by atoms with Gasteiger partial charge in [0.25, 0.3) is 0 Å². The van der Waals surface area contributed by atoms with Crippen LogP contribution in [-0.2, 0) is 6.42 Å². The Balaban J connectivity index is 2.25. The second kappa shape index (κ2) is 6.26. The number of rotatable bonds is 4. The van der Waals surface area contributed by atoms with E-state index in [1.807, 2.05) is 32.2 Å². The fourth-order valence-corrected chi connectivity index (χ4v) is 2.29. The lowest BCUT2D eigenvalue weighted by molar-refractivity contribution is 0.568. The summed E-state index contributed by atoms with van der Waals surface area (Å²) in [6.07, 6.45) is 2.53. The molecule has 0 aliphatic carbocycles. The summed E-state index contributed by atoms with van der Waals surface area (Å²) in [7, 11) is 1.88. The monoisotopic (exact) mass is 322 g/mol. The van der Waals surface area contributed by atoms with Crippen molar-refractivity contribution < 1.29 is 4.39 Å². The van der Waals surface area contributed by atoms with Crippen molar-refractivity contribution in [3.63, 3.8) is 0 Å². The number of likely N-dealkylation sites (N-methyl/N-ethyl adjacent to an activating group) is 1. The topological polar surface area (TPSA) is 24.9 Å². The SMILES string of the molecule is CNC(Cc1ncccc1C)c1ccc(Br)c(F)c1. The second-order valence-electron chi connectivity index (χ2n) is 4.49. The van der Waals surface area contributed by atoms with E-state index in [-0.39, 0.29) is 11.9 Å². The Kier molecular flexibility index (Phi) is 4.66. The third-order valence-electron chi connectivity index (χ3n) is 3.21. The quantitative estimate of drug-likeness (QED) is 0.926. The second-order valence-corrected chi connectivity index (χ2v) is 5.34. The lowest BCUT2D eigenvalue weighted by atomic mass is 10.00. The Morgan fingerprint density at radius 2 is 2.16 bits per heavy atom. The van der Waals surface area contributed by atoms with Gasteiger partial charge < -0.3 is 5.32 Å². The highest BCUT2D eigenvalue weighted by Crippen LogP contribution is 2.23. The van der Waals surface area contributed by atoms with E-state index in [4.69, 9.17) is 0 Å². The van der Waals surface area contributed by atoms with Crippen LogP contribution in [-0.4, -0.2) is 12.0 Å². The zero-order chi connectivity index (χ0) is 13.8. The molecule has 0 saturated carbocycles. The molecule has 1 aromatic heterocycles. The van der Waals surface area contributed by atoms with Gasteiger partial charge in [-0.05, 0) is 59.2 Å². The minimum Gasteiger partial charge on any atom is -0.313 e. The lowest BCUT2D eigenvalue weighted by Gasteiger charge is -2.17. The van der Waals surface area contributed by atoms with Gasteiger partial charge in [0.1, 0.15) is 5.82 Å². The van der Waals surface area contributed by atoms with Crippen LogP contribution < -0.4 is 5.32 Å². The number of pyridine rings is 1. The van der Waals surface area contributed by atoms with Crippen molar-refractivity contribution >= 4 is 15.9 Å². The molecule has 0 bridgehead atoms. The highest BCUT2D eigenvalue weighted by molar-refractivity contribution is 9.10. The Labute approximate surface area is 121 Å². The molecule has 2 aromatic rings. The Bertz CT molecular complexity index is 572. The number of halogens is 2. The maximum Gasteiger partial charge on any atom is 0.137 e. The van der Waals surface area contributed by atoms with E-state index in [9.17, 15) is 4.39 Å². The Morgan fingerprint density at radius 1 is 1.37 bits per heavy atom. The zero-order valence-electron chi connectivity index (χ0n) is 11.0. The average Bonchev–Trinajstić information content (AvgIpc) is 2.41. The maximum absolute atomic E-state index is 13.6. The van der Waals surface area contributed by atoms with Crippen LogP contribution in [0.1, 0.15) is 22.9 Å². The number of hydrogen-bond acceptors (Lipinski definition) is 2. The first kappa shape index (κ1) is 14.2. The zero-order valence-corrected chi connectivity index (χ0v) is 12.5. The van der Waals surface area contributed by atoms with Gasteiger partial charge in [-0.25, -0.2) is 4.39 Å². The van der Waals surface area contributed by atoms with E-state index in [2.05, 4.69) is 26.2 Å². The van der Waals surface area contributed by atoms with Crippen LogP contribution in [0.15, 0.2) is 41.0 Å². The third-order valence-corrected chi connectivity index (χ3v) is 3.85. The smallest absolute Gasteiger partial charge is 0.137 e. The summed E-state index contributed by atoms with van der Waals surface area (Å²) in [6, 6.07) is 9.23. The van der Waals surface area contributed by atoms with E-state index in [0.29, 0.717) is 4.47 Å². The van der Waals surface area contributed by atoms with E-state index in [1.54, 1.807) is 18.3 Å². The van der Waals surface area contributed by atoms with E-state index in [1.165, 1.54) is 0 Å². The van der Waals surface area contributed by atoms with Crippen molar-refractivity contribution in [2.75, 3.05) is 7.05 Å². The maximum atomic E-state index is 13.6. The molecule has 1 atom stereocenters. The summed E-state index contributed by atoms with van der Waals surface area (Å²) in [5.74, 6) is -0.240. The number of nitrogens with one attached hydrogen (secondary N) is 1. The number of benzene rings is 1. The van der Waals surface area contributed by atoms with Crippen molar-refractivity contribution in [1.82, 2.24) is 10.3 Å². The van der Waals surface area contributed by atoms with E-state index < -0.39 is 0 Å². The molecule has 0 aliphatic rings. The van der Waals surface area contributed by atoms with Gasteiger partial charge in [0.2, 0.25) is 0 Å². The fourth-order valence-electron chi connectivity index (χ4n) is 2.04. The molecule has 1 heterocycles. The minimum atomic E-state index is -0.240. The van der Waals surface area contributed by atoms with Crippen molar-refractivity contribution in [1.29, 1.82) is 0 Å². The van der Waals surface area contributed by atoms with Gasteiger partial charge in [0.05, 0.1) is 4.47 Å². The molecular formula is C15H16BrFN2. The van der Waals surface area contributed by atoms with Crippen LogP contribution in [0.3, 0.4) is 0 Å². The molecule has 4 heteroatoms. The van der Waals surface area contributed by atoms with Gasteiger partial charge in [-0.1, -0.05) is 12.1 Å². The van der Waals surface area contributed by atoms with E-state index in [0.717, 1.165) is 23.2 Å². The van der Waals surface area contributed by atoms with Crippen LogP contribution in [0, 0.1) is 12.7 Å². The first-order valence-corrected chi connectivity index (χ1v) is 6.94. The highest BCUT2D eigenvalue weighted by Gasteiger charge is 2.13. The van der Waals surface area contributed by atoms with Crippen LogP contribution in [0.2, 0.25) is 0 Å². The van der Waals surface area contributed by atoms with E-state index >= 15 is 0 Å². The van der Waals surface area contributed by atoms with Crippen LogP contribution in [0.5, 0.6) is 0 Å². The largest absolute Gasteiger partial charge is 0.313 e. The summed E-state index contributed by atoms with van der Waals surface area (Å²) >= 11 is 3.17. The first-order valence-electron chi connectivity index (χ1n) is 6.14. The molecule has 100 valence electrons. The van der Waals surface area contributed by atoms with Crippen molar-refractivity contribution in [2.45, 2.75) is 19.4 Å². The van der Waals surface area contributed by atoms with Crippen molar-refractivity contribution in [2.24, 2.45) is 0 Å². The normalized spacial score (nSPS) is 12.4. The summed E-state index contributed by atoms with van der Waals surface area (Å²) in [5, 5.41) is 3.22. The van der Waals surface area contributed by atoms with Gasteiger partial charge >= 0.3 is 0 Å². The third kappa shape index (κ3) is 3.39. The van der Waals surface area contributed by atoms with Gasteiger partial charge in [0.15, 0.2) is 0 Å². The highest BCUT2D eigenvalue weighted by atomic mass is 79.9. The molecule has 2 nitrogen and oxygen atoms in total. The summed E-state index contributed by atoms with van der Waals surface area (Å²) in [6.45, 7) is 2.04. The Morgan fingerprint density at radius 3 is 2.79 bits per heavy atom. The fraction of sp³-hybridized carbons (Fsp3) is 0.267. The molecule has 0 amide bonds. The molecule has 0 saturated heterocycles. The number of aryl methyl sites for hydroxylation is 1. The number of aromatic nitrogens is 1. The standard InChI is InChI=1S/C15H16BrFN2/c1-10-4-3-7-19-14(10)9-15(18-2)11-5-6-12(16)13(17)8-11/h3-8,15,18H,9H2,1-2H3. The average molecular weight is 323 g/mol. The molecule has 0 aliphatic heterocycles. The lowest BCUT2D eigenvalue weighted by Crippen LogP contribution is -2.20. The molecule has 0 fully saturated rings. The molecule has 0 spiro atoms. The van der Waals surface area contributed by atoms with Crippen LogP contribution >= 0.6 is 15.9 Å². The predicted molar refractivity (Wildman–Crippen MR) is 78.6 cm³/mol. The first-order chi connectivity index (χ1) is 9.11. The number of nitrogens with zero attached hydrogens (tertiary/aromatic N) is 1. The van der Waals surface area contributed by atoms with Gasteiger partial charge in [-0.3, -0.25) is 4.98 Å². The molecule has 0 radical (unpaired) electrons. The molecule has 2 rings (SSSR count). The van der Waals surface area contributed by atoms with Crippen molar-refractivity contribution in [3.8, 4) is 0 Å². The van der Waals surface area contributed by atoms with Gasteiger partial charge in [-0.2, -0.15) is 0 Å². The number of hydrogen-bond donors (Lipinski definition) is 1. The van der Waals surface area contributed by atoms with Gasteiger partial charge in [-0.15, -0.1) is 0 Å².